The van der Waals surface area contributed by atoms with Crippen molar-refractivity contribution in [3.63, 3.8) is 0 Å². The molecule has 0 aliphatic carbocycles. The number of rotatable bonds is 3. The topological polar surface area (TPSA) is 41.5 Å². The van der Waals surface area contributed by atoms with Crippen LogP contribution in [-0.2, 0) is 0 Å². The first-order chi connectivity index (χ1) is 36.0. The number of fused-ring (bicyclic) bond motifs is 13. The molecule has 0 spiro atoms. The summed E-state index contributed by atoms with van der Waals surface area (Å²) in [5, 5.41) is 0.210. The average Bonchev–Trinajstić information content (AvgIpc) is 4.21. The Morgan fingerprint density at radius 2 is 1.00 bits per heavy atom. The molecule has 0 atom stereocenters. The Hall–Kier alpha value is -7.96. The maximum Gasteiger partial charge on any atom is 0.260 e. The van der Waals surface area contributed by atoms with Crippen LogP contribution in [0.2, 0.25) is 0 Å². The zero-order valence-electron chi connectivity index (χ0n) is 45.9. The zero-order valence-corrected chi connectivity index (χ0v) is 30.9. The number of hydrogen-bond donors (Lipinski definition) is 0. The lowest BCUT2D eigenvalue weighted by molar-refractivity contribution is 0.465. The fourth-order valence-corrected chi connectivity index (χ4v) is 9.26. The first-order valence-corrected chi connectivity index (χ1v) is 19.2. The number of nitrogens with zero attached hydrogens (tertiary/aromatic N) is 2. The van der Waals surface area contributed by atoms with Crippen LogP contribution in [0.5, 0.6) is 23.0 Å². The van der Waals surface area contributed by atoms with E-state index in [0.717, 1.165) is 21.0 Å². The minimum absolute atomic E-state index is 0.150. The molecular weight excluding hydrogens is 735 g/mol. The molecule has 0 radical (unpaired) electrons. The maximum atomic E-state index is 10.0. The van der Waals surface area contributed by atoms with E-state index in [9.17, 15) is 6.85 Å². The van der Waals surface area contributed by atoms with Crippen LogP contribution in [0.4, 0.5) is 0 Å². The highest BCUT2D eigenvalue weighted by Crippen LogP contribution is 2.44. The number of aromatic nitrogens is 2. The second-order valence-electron chi connectivity index (χ2n) is 14.8. The Morgan fingerprint density at radius 3 is 1.67 bits per heavy atom. The molecule has 0 amide bonds. The molecule has 0 bridgehead atoms. The Bertz CT molecular complexity index is 4550. The van der Waals surface area contributed by atoms with Gasteiger partial charge in [-0.3, -0.25) is 0 Å². The van der Waals surface area contributed by atoms with Gasteiger partial charge in [-0.25, -0.2) is 0 Å². The minimum atomic E-state index is -0.724. The fraction of sp³-hybridized carbons (Fsp3) is 0. The molecule has 0 saturated heterocycles. The third kappa shape index (κ3) is 4.26. The van der Waals surface area contributed by atoms with Crippen LogP contribution in [0.1, 0.15) is 20.6 Å². The molecule has 5 nitrogen and oxygen atoms in total. The van der Waals surface area contributed by atoms with Gasteiger partial charge >= 0.3 is 0 Å². The van der Waals surface area contributed by atoms with E-state index in [1.807, 2.05) is 72.8 Å². The summed E-state index contributed by atoms with van der Waals surface area (Å²) in [5.74, 6) is 2.65. The SMILES string of the molecule is [2H]c1c([2H])c([2H])c2c(c1[2H])c1c([2H])c([2H])c([2H])c([2H])c1n2-c1c([2H])c([2H])c2c(c1[2H])c1c([2H])c([2H])c([2H])c([2H])c1n2-c1cccc2c1oc1c(-c3cc4c5c(c3)Oc3ccccc3B5c3ccccc3O4)cccc12. The van der Waals surface area contributed by atoms with Crippen molar-refractivity contribution >= 4 is 88.7 Å². The predicted octanol–water partition coefficient (Wildman–Crippen LogP) is 12.2. The molecule has 14 rings (SSSR count). The summed E-state index contributed by atoms with van der Waals surface area (Å²) >= 11 is 0. The third-order valence-corrected chi connectivity index (χ3v) is 11.7. The number of ether oxygens (including phenoxy) is 2. The van der Waals surface area contributed by atoms with Crippen LogP contribution in [0.25, 0.3) is 88.1 Å². The van der Waals surface area contributed by atoms with Crippen molar-refractivity contribution in [1.82, 2.24) is 9.13 Å². The zero-order chi connectivity index (χ0) is 52.1. The molecule has 3 aromatic heterocycles. The predicted molar refractivity (Wildman–Crippen MR) is 246 cm³/mol. The summed E-state index contributed by atoms with van der Waals surface area (Å²) in [6.07, 6.45) is 0. The van der Waals surface area contributed by atoms with Gasteiger partial charge in [0.25, 0.3) is 6.71 Å². The molecule has 6 heteroatoms. The van der Waals surface area contributed by atoms with Gasteiger partial charge in [0.1, 0.15) is 28.6 Å². The van der Waals surface area contributed by atoms with E-state index in [2.05, 4.69) is 12.1 Å². The van der Waals surface area contributed by atoms with E-state index in [4.69, 9.17) is 27.6 Å². The standard InChI is InChI=1S/C54H31BN2O3/c1-6-21-43-35(13-1)36-14-2-7-22-44(36)56(43)33-27-28-46-40(31-33)37-15-3-8-23-45(37)57(46)47-24-12-18-39-38-17-11-16-34(53(38)60-54(39)47)32-29-50-52-51(30-32)59-49-26-10-5-20-42(49)55(52)41-19-4-9-25-48(41)58-50/h1-31H/i1D,2D,3D,6D,7D,8D,13D,14D,15D,21D,22D,23D,27D,28D,31D. The smallest absolute Gasteiger partial charge is 0.260 e. The summed E-state index contributed by atoms with van der Waals surface area (Å²) < 4.78 is 159. The van der Waals surface area contributed by atoms with Gasteiger partial charge in [-0.15, -0.1) is 0 Å². The van der Waals surface area contributed by atoms with Gasteiger partial charge in [-0.2, -0.15) is 0 Å². The van der Waals surface area contributed by atoms with Gasteiger partial charge in [0.05, 0.1) is 48.3 Å². The van der Waals surface area contributed by atoms with Gasteiger partial charge in [-0.05, 0) is 83.1 Å². The number of furan rings is 1. The number of para-hydroxylation sites is 7. The molecule has 0 saturated carbocycles. The number of hydrogen-bond acceptors (Lipinski definition) is 3. The molecule has 5 heterocycles. The van der Waals surface area contributed by atoms with Crippen LogP contribution < -0.4 is 25.9 Å². The van der Waals surface area contributed by atoms with Gasteiger partial charge in [0.15, 0.2) is 5.58 Å². The molecule has 0 N–H and O–H groups in total. The normalized spacial score (nSPS) is 16.4. The van der Waals surface area contributed by atoms with Crippen molar-refractivity contribution < 1.29 is 34.5 Å². The summed E-state index contributed by atoms with van der Waals surface area (Å²) in [5.41, 5.74) is 3.51. The van der Waals surface area contributed by atoms with Crippen LogP contribution in [0, 0.1) is 0 Å². The summed E-state index contributed by atoms with van der Waals surface area (Å²) in [4.78, 5) is 0. The minimum Gasteiger partial charge on any atom is -0.458 e. The monoisotopic (exact) mass is 781 g/mol. The first-order valence-electron chi connectivity index (χ1n) is 26.7. The first kappa shape index (κ1) is 21.2. The lowest BCUT2D eigenvalue weighted by Crippen LogP contribution is -2.57. The van der Waals surface area contributed by atoms with E-state index in [1.165, 1.54) is 4.57 Å². The lowest BCUT2D eigenvalue weighted by Gasteiger charge is -2.33. The van der Waals surface area contributed by atoms with E-state index >= 15 is 0 Å². The Balaban J connectivity index is 1.06. The number of benzene rings is 9. The van der Waals surface area contributed by atoms with Gasteiger partial charge in [-0.1, -0.05) is 121 Å². The molecule has 2 aliphatic heterocycles. The van der Waals surface area contributed by atoms with E-state index in [0.29, 0.717) is 50.5 Å². The van der Waals surface area contributed by atoms with Crippen LogP contribution >= 0.6 is 0 Å². The molecule has 9 aromatic carbocycles. The van der Waals surface area contributed by atoms with Crippen LogP contribution in [0.15, 0.2) is 192 Å². The second kappa shape index (κ2) is 11.8. The third-order valence-electron chi connectivity index (χ3n) is 11.7. The Morgan fingerprint density at radius 1 is 0.450 bits per heavy atom. The van der Waals surface area contributed by atoms with E-state index < -0.39 is 96.3 Å². The van der Waals surface area contributed by atoms with Crippen molar-refractivity contribution in [2.75, 3.05) is 0 Å². The average molecular weight is 782 g/mol. The van der Waals surface area contributed by atoms with Gasteiger partial charge in [0, 0.05) is 49.0 Å². The molecule has 0 fully saturated rings. The van der Waals surface area contributed by atoms with E-state index in [1.54, 1.807) is 12.1 Å². The molecule has 60 heavy (non-hydrogen) atoms. The van der Waals surface area contributed by atoms with Crippen LogP contribution in [-0.4, -0.2) is 15.8 Å². The second-order valence-corrected chi connectivity index (χ2v) is 14.8. The summed E-state index contributed by atoms with van der Waals surface area (Å²) in [7, 11) is 0. The van der Waals surface area contributed by atoms with Crippen molar-refractivity contribution in [3.05, 3.63) is 188 Å². The highest BCUT2D eigenvalue weighted by molar-refractivity contribution is 6.98. The Labute approximate surface area is 365 Å². The molecule has 12 aromatic rings. The fourth-order valence-electron chi connectivity index (χ4n) is 9.26. The lowest BCUT2D eigenvalue weighted by atomic mass is 9.35. The highest BCUT2D eigenvalue weighted by Gasteiger charge is 2.40. The quantitative estimate of drug-likeness (QED) is 0.168. The van der Waals surface area contributed by atoms with Crippen molar-refractivity contribution in [2.24, 2.45) is 0 Å². The van der Waals surface area contributed by atoms with Crippen molar-refractivity contribution in [1.29, 1.82) is 0 Å². The van der Waals surface area contributed by atoms with Crippen molar-refractivity contribution in [3.8, 4) is 45.5 Å². The molecule has 278 valence electrons. The van der Waals surface area contributed by atoms with E-state index in [-0.39, 0.29) is 61.6 Å². The van der Waals surface area contributed by atoms with Crippen molar-refractivity contribution in [2.45, 2.75) is 0 Å². The Kier molecular flexibility index (Phi) is 4.17. The van der Waals surface area contributed by atoms with Crippen LogP contribution in [0.3, 0.4) is 0 Å². The molecule has 2 aliphatic rings. The highest BCUT2D eigenvalue weighted by atomic mass is 16.5. The molecule has 0 unspecified atom stereocenters. The maximum absolute atomic E-state index is 10.0. The van der Waals surface area contributed by atoms with Gasteiger partial charge in [0.2, 0.25) is 0 Å². The largest absolute Gasteiger partial charge is 0.458 e. The van der Waals surface area contributed by atoms with Gasteiger partial charge < -0.3 is 23.0 Å². The summed E-state index contributed by atoms with van der Waals surface area (Å²) in [6.45, 7) is -0.150. The molecular formula is C54H31BN2O3. The summed E-state index contributed by atoms with van der Waals surface area (Å²) in [6, 6.07) is 20.8.